The Kier molecular flexibility index (Phi) is 6.00. The van der Waals surface area contributed by atoms with Crippen molar-refractivity contribution >= 4 is 17.5 Å². The van der Waals surface area contributed by atoms with Crippen LogP contribution in [0.25, 0.3) is 0 Å². The molecule has 0 spiro atoms. The molecule has 0 saturated carbocycles. The van der Waals surface area contributed by atoms with Crippen molar-refractivity contribution < 1.29 is 9.18 Å². The molecule has 1 fully saturated rings. The molecule has 0 bridgehead atoms. The van der Waals surface area contributed by atoms with Gasteiger partial charge in [-0.3, -0.25) is 9.78 Å². The molecule has 0 aliphatic carbocycles. The molecule has 132 valence electrons. The monoisotopic (exact) mass is 361 g/mol. The molecular formula is C19H21ClFN3O. The van der Waals surface area contributed by atoms with E-state index >= 15 is 0 Å². The van der Waals surface area contributed by atoms with Gasteiger partial charge in [0.15, 0.2) is 0 Å². The van der Waals surface area contributed by atoms with Crippen LogP contribution in [0.1, 0.15) is 35.3 Å². The summed E-state index contributed by atoms with van der Waals surface area (Å²) in [7, 11) is 0. The molecule has 1 unspecified atom stereocenters. The Morgan fingerprint density at radius 3 is 2.92 bits per heavy atom. The highest BCUT2D eigenvalue weighted by molar-refractivity contribution is 6.30. The number of benzene rings is 1. The van der Waals surface area contributed by atoms with Crippen LogP contribution >= 0.6 is 11.6 Å². The number of hydrogen-bond acceptors (Lipinski definition) is 3. The number of carbonyl (C=O) groups excluding carboxylic acids is 1. The first-order valence-electron chi connectivity index (χ1n) is 8.52. The number of hydrogen-bond donors (Lipinski definition) is 1. The van der Waals surface area contributed by atoms with Gasteiger partial charge in [0, 0.05) is 17.3 Å². The van der Waals surface area contributed by atoms with Crippen LogP contribution in [0.2, 0.25) is 5.02 Å². The van der Waals surface area contributed by atoms with Crippen LogP contribution in [0, 0.1) is 5.82 Å². The van der Waals surface area contributed by atoms with E-state index in [0.29, 0.717) is 6.54 Å². The minimum atomic E-state index is -0.588. The number of pyridine rings is 1. The Bertz CT molecular complexity index is 718. The lowest BCUT2D eigenvalue weighted by Gasteiger charge is -2.31. The zero-order chi connectivity index (χ0) is 17.6. The van der Waals surface area contributed by atoms with E-state index in [4.69, 9.17) is 11.6 Å². The Morgan fingerprint density at radius 1 is 1.28 bits per heavy atom. The Labute approximate surface area is 152 Å². The largest absolute Gasteiger partial charge is 0.330 e. The van der Waals surface area contributed by atoms with E-state index in [2.05, 4.69) is 10.3 Å². The third kappa shape index (κ3) is 4.55. The molecule has 1 aliphatic rings. The number of amides is 1. The first kappa shape index (κ1) is 17.8. The lowest BCUT2D eigenvalue weighted by molar-refractivity contribution is 0.0637. The molecule has 1 saturated heterocycles. The van der Waals surface area contributed by atoms with E-state index in [0.717, 1.165) is 38.0 Å². The van der Waals surface area contributed by atoms with Crippen molar-refractivity contribution in [1.82, 2.24) is 15.2 Å². The van der Waals surface area contributed by atoms with Gasteiger partial charge in [-0.15, -0.1) is 0 Å². The average molecular weight is 362 g/mol. The van der Waals surface area contributed by atoms with Gasteiger partial charge >= 0.3 is 0 Å². The molecule has 1 atom stereocenters. The van der Waals surface area contributed by atoms with E-state index in [1.165, 1.54) is 12.1 Å². The van der Waals surface area contributed by atoms with Gasteiger partial charge in [0.25, 0.3) is 5.91 Å². The van der Waals surface area contributed by atoms with Gasteiger partial charge < -0.3 is 10.2 Å². The van der Waals surface area contributed by atoms with Gasteiger partial charge in [0.1, 0.15) is 5.82 Å². The molecule has 2 aromatic rings. The molecule has 6 heteroatoms. The van der Waals surface area contributed by atoms with Crippen molar-refractivity contribution in [2.24, 2.45) is 0 Å². The van der Waals surface area contributed by atoms with E-state index in [1.807, 2.05) is 18.2 Å². The molecule has 4 nitrogen and oxygen atoms in total. The first-order valence-corrected chi connectivity index (χ1v) is 8.89. The number of nitrogens with zero attached hydrogens (tertiary/aromatic N) is 2. The molecule has 2 heterocycles. The van der Waals surface area contributed by atoms with E-state index in [-0.39, 0.29) is 22.5 Å². The lowest BCUT2D eigenvalue weighted by atomic mass is 10.0. The summed E-state index contributed by atoms with van der Waals surface area (Å²) in [6, 6.07) is 9.86. The Balaban J connectivity index is 1.90. The van der Waals surface area contributed by atoms with Crippen LogP contribution in [0.3, 0.4) is 0 Å². The Hall–Kier alpha value is -1.98. The van der Waals surface area contributed by atoms with Crippen molar-refractivity contribution in [1.29, 1.82) is 0 Å². The quantitative estimate of drug-likeness (QED) is 0.904. The van der Waals surface area contributed by atoms with Crippen molar-refractivity contribution in [3.05, 3.63) is 64.7 Å². The van der Waals surface area contributed by atoms with Crippen LogP contribution in [0.15, 0.2) is 42.6 Å². The minimum Gasteiger partial charge on any atom is -0.330 e. The number of halogens is 2. The summed E-state index contributed by atoms with van der Waals surface area (Å²) < 4.78 is 14.3. The predicted octanol–water partition coefficient (Wildman–Crippen LogP) is 3.66. The maximum atomic E-state index is 14.3. The smallest absolute Gasteiger partial charge is 0.257 e. The van der Waals surface area contributed by atoms with Gasteiger partial charge in [-0.05, 0) is 62.7 Å². The fourth-order valence-electron chi connectivity index (χ4n) is 3.16. The standard InChI is InChI=1S/C19H21ClFN3O/c20-14-6-7-17(18(21)12-14)19(25)24(13-15-4-1-2-10-23-15)16-5-3-9-22-11-8-16/h1-2,4,6-7,10,12,16,22H,3,5,8-9,11,13H2. The van der Waals surface area contributed by atoms with Gasteiger partial charge in [-0.1, -0.05) is 17.7 Å². The first-order chi connectivity index (χ1) is 12.1. The highest BCUT2D eigenvalue weighted by Gasteiger charge is 2.27. The van der Waals surface area contributed by atoms with Crippen LogP contribution in [-0.2, 0) is 6.54 Å². The SMILES string of the molecule is O=C(c1ccc(Cl)cc1F)N(Cc1ccccn1)C1CCCNCC1. The fourth-order valence-corrected chi connectivity index (χ4v) is 3.32. The zero-order valence-corrected chi connectivity index (χ0v) is 14.7. The van der Waals surface area contributed by atoms with Crippen LogP contribution in [-0.4, -0.2) is 34.9 Å². The summed E-state index contributed by atoms with van der Waals surface area (Å²) in [5.41, 5.74) is 0.847. The van der Waals surface area contributed by atoms with Crippen LogP contribution < -0.4 is 5.32 Å². The third-order valence-electron chi connectivity index (χ3n) is 4.47. The van der Waals surface area contributed by atoms with Crippen molar-refractivity contribution in [2.75, 3.05) is 13.1 Å². The second kappa shape index (κ2) is 8.41. The van der Waals surface area contributed by atoms with Gasteiger partial charge in [0.05, 0.1) is 17.8 Å². The van der Waals surface area contributed by atoms with Gasteiger partial charge in [-0.2, -0.15) is 0 Å². The molecule has 1 aromatic heterocycles. The van der Waals surface area contributed by atoms with Crippen molar-refractivity contribution in [3.8, 4) is 0 Å². The molecule has 1 aliphatic heterocycles. The second-order valence-corrected chi connectivity index (χ2v) is 6.65. The second-order valence-electron chi connectivity index (χ2n) is 6.21. The number of rotatable bonds is 4. The van der Waals surface area contributed by atoms with Gasteiger partial charge in [-0.25, -0.2) is 4.39 Å². The Morgan fingerprint density at radius 2 is 2.16 bits per heavy atom. The average Bonchev–Trinajstić information content (AvgIpc) is 2.89. The number of nitrogens with one attached hydrogen (secondary N) is 1. The molecule has 0 radical (unpaired) electrons. The highest BCUT2D eigenvalue weighted by atomic mass is 35.5. The highest BCUT2D eigenvalue weighted by Crippen LogP contribution is 2.22. The molecule has 25 heavy (non-hydrogen) atoms. The predicted molar refractivity (Wildman–Crippen MR) is 96.0 cm³/mol. The zero-order valence-electron chi connectivity index (χ0n) is 13.9. The molecule has 1 amide bonds. The molecule has 1 N–H and O–H groups in total. The maximum absolute atomic E-state index is 14.3. The van der Waals surface area contributed by atoms with E-state index in [1.54, 1.807) is 17.2 Å². The molecule has 3 rings (SSSR count). The molecule has 1 aromatic carbocycles. The van der Waals surface area contributed by atoms with E-state index < -0.39 is 5.82 Å². The maximum Gasteiger partial charge on any atom is 0.257 e. The normalized spacial score (nSPS) is 17.8. The minimum absolute atomic E-state index is 0.0533. The lowest BCUT2D eigenvalue weighted by Crippen LogP contribution is -2.41. The summed E-state index contributed by atoms with van der Waals surface area (Å²) in [5, 5.41) is 3.63. The topological polar surface area (TPSA) is 45.2 Å². The summed E-state index contributed by atoms with van der Waals surface area (Å²) >= 11 is 5.82. The number of aromatic nitrogens is 1. The summed E-state index contributed by atoms with van der Waals surface area (Å²) in [6.45, 7) is 2.16. The van der Waals surface area contributed by atoms with Crippen LogP contribution in [0.4, 0.5) is 4.39 Å². The van der Waals surface area contributed by atoms with Crippen molar-refractivity contribution in [3.63, 3.8) is 0 Å². The third-order valence-corrected chi connectivity index (χ3v) is 4.70. The summed E-state index contributed by atoms with van der Waals surface area (Å²) in [4.78, 5) is 19.2. The summed E-state index contributed by atoms with van der Waals surface area (Å²) in [5.74, 6) is -0.901. The van der Waals surface area contributed by atoms with Gasteiger partial charge in [0.2, 0.25) is 0 Å². The fraction of sp³-hybridized carbons (Fsp3) is 0.368. The summed E-state index contributed by atoms with van der Waals surface area (Å²) in [6.07, 6.45) is 4.42. The van der Waals surface area contributed by atoms with Crippen molar-refractivity contribution in [2.45, 2.75) is 31.8 Å². The van der Waals surface area contributed by atoms with Crippen LogP contribution in [0.5, 0.6) is 0 Å². The number of carbonyl (C=O) groups is 1. The molecular weight excluding hydrogens is 341 g/mol. The van der Waals surface area contributed by atoms with E-state index in [9.17, 15) is 9.18 Å².